The molecule has 3 rings (SSSR count). The standard InChI is InChI=1S/C23H28N4O/c1-17(2)20-9-5-19(6-10-20)16-27-14-13-22(25-27)24-23(28)15-18-7-11-21(12-8-18)26(3)4/h5-14,17H,15-16H2,1-4H3,(H,24,25,28). The Morgan fingerprint density at radius 1 is 1.00 bits per heavy atom. The summed E-state index contributed by atoms with van der Waals surface area (Å²) in [5, 5.41) is 7.34. The predicted octanol–water partition coefficient (Wildman–Crippen LogP) is 4.30. The average molecular weight is 377 g/mol. The molecule has 0 saturated carbocycles. The number of benzene rings is 2. The summed E-state index contributed by atoms with van der Waals surface area (Å²) in [5.41, 5.74) is 4.61. The molecule has 0 radical (unpaired) electrons. The van der Waals surface area contributed by atoms with Gasteiger partial charge >= 0.3 is 0 Å². The number of hydrogen-bond donors (Lipinski definition) is 1. The van der Waals surface area contributed by atoms with Crippen LogP contribution in [0.15, 0.2) is 60.8 Å². The molecule has 1 aromatic heterocycles. The summed E-state index contributed by atoms with van der Waals surface area (Å²) in [7, 11) is 3.99. The number of anilines is 2. The van der Waals surface area contributed by atoms with Crippen molar-refractivity contribution in [2.45, 2.75) is 32.7 Å². The van der Waals surface area contributed by atoms with Crippen molar-refractivity contribution >= 4 is 17.4 Å². The fraction of sp³-hybridized carbons (Fsp3) is 0.304. The van der Waals surface area contributed by atoms with Crippen LogP contribution in [0.1, 0.15) is 36.5 Å². The van der Waals surface area contributed by atoms with E-state index < -0.39 is 0 Å². The molecule has 2 aromatic carbocycles. The van der Waals surface area contributed by atoms with Crippen molar-refractivity contribution in [2.24, 2.45) is 0 Å². The monoisotopic (exact) mass is 376 g/mol. The van der Waals surface area contributed by atoms with E-state index in [-0.39, 0.29) is 5.91 Å². The second kappa shape index (κ2) is 8.74. The minimum Gasteiger partial charge on any atom is -0.378 e. The third-order valence-electron chi connectivity index (χ3n) is 4.72. The fourth-order valence-corrected chi connectivity index (χ4v) is 3.00. The van der Waals surface area contributed by atoms with Gasteiger partial charge in [0.1, 0.15) is 0 Å². The molecule has 0 aliphatic carbocycles. The first-order chi connectivity index (χ1) is 13.4. The SMILES string of the molecule is CC(C)c1ccc(Cn2ccc(NC(=O)Cc3ccc(N(C)C)cc3)n2)cc1. The summed E-state index contributed by atoms with van der Waals surface area (Å²) >= 11 is 0. The van der Waals surface area contributed by atoms with E-state index in [0.29, 0.717) is 24.7 Å². The van der Waals surface area contributed by atoms with E-state index in [9.17, 15) is 4.79 Å². The van der Waals surface area contributed by atoms with E-state index in [0.717, 1.165) is 11.3 Å². The molecule has 0 atom stereocenters. The molecule has 0 unspecified atom stereocenters. The highest BCUT2D eigenvalue weighted by Crippen LogP contribution is 2.16. The highest BCUT2D eigenvalue weighted by molar-refractivity contribution is 5.91. The Morgan fingerprint density at radius 2 is 1.64 bits per heavy atom. The largest absolute Gasteiger partial charge is 0.378 e. The van der Waals surface area contributed by atoms with E-state index in [4.69, 9.17) is 0 Å². The van der Waals surface area contributed by atoms with Crippen LogP contribution >= 0.6 is 0 Å². The number of hydrogen-bond acceptors (Lipinski definition) is 3. The normalized spacial score (nSPS) is 10.9. The van der Waals surface area contributed by atoms with Crippen LogP contribution in [0, 0.1) is 0 Å². The van der Waals surface area contributed by atoms with Gasteiger partial charge in [0.2, 0.25) is 5.91 Å². The molecule has 0 bridgehead atoms. The van der Waals surface area contributed by atoms with Crippen molar-refractivity contribution in [3.8, 4) is 0 Å². The van der Waals surface area contributed by atoms with Gasteiger partial charge in [-0.15, -0.1) is 0 Å². The van der Waals surface area contributed by atoms with Crippen LogP contribution in [-0.2, 0) is 17.8 Å². The van der Waals surface area contributed by atoms with Crippen molar-refractivity contribution in [1.29, 1.82) is 0 Å². The maximum atomic E-state index is 12.3. The van der Waals surface area contributed by atoms with Gasteiger partial charge in [-0.1, -0.05) is 50.2 Å². The van der Waals surface area contributed by atoms with E-state index in [1.54, 1.807) is 0 Å². The molecule has 0 spiro atoms. The first-order valence-electron chi connectivity index (χ1n) is 9.59. The minimum absolute atomic E-state index is 0.0656. The van der Waals surface area contributed by atoms with Crippen LogP contribution in [0.2, 0.25) is 0 Å². The topological polar surface area (TPSA) is 50.2 Å². The molecular formula is C23H28N4O. The molecule has 0 fully saturated rings. The number of carbonyl (C=O) groups is 1. The Bertz CT molecular complexity index is 909. The summed E-state index contributed by atoms with van der Waals surface area (Å²) in [6, 6.07) is 18.4. The van der Waals surface area contributed by atoms with E-state index in [2.05, 4.69) is 48.5 Å². The Morgan fingerprint density at radius 3 is 2.25 bits per heavy atom. The third kappa shape index (κ3) is 5.22. The summed E-state index contributed by atoms with van der Waals surface area (Å²) < 4.78 is 1.84. The maximum absolute atomic E-state index is 12.3. The van der Waals surface area contributed by atoms with Crippen molar-refractivity contribution in [1.82, 2.24) is 9.78 Å². The van der Waals surface area contributed by atoms with Gasteiger partial charge < -0.3 is 10.2 Å². The molecular weight excluding hydrogens is 348 g/mol. The van der Waals surface area contributed by atoms with Crippen LogP contribution in [0.5, 0.6) is 0 Å². The van der Waals surface area contributed by atoms with Crippen molar-refractivity contribution in [3.63, 3.8) is 0 Å². The first kappa shape index (κ1) is 19.7. The van der Waals surface area contributed by atoms with Gasteiger partial charge in [0.25, 0.3) is 0 Å². The molecule has 5 nitrogen and oxygen atoms in total. The molecule has 1 amide bonds. The lowest BCUT2D eigenvalue weighted by molar-refractivity contribution is -0.115. The molecule has 1 heterocycles. The average Bonchev–Trinajstić information content (AvgIpc) is 3.09. The van der Waals surface area contributed by atoms with Gasteiger partial charge in [0, 0.05) is 32.0 Å². The Hall–Kier alpha value is -3.08. The first-order valence-corrected chi connectivity index (χ1v) is 9.59. The van der Waals surface area contributed by atoms with Gasteiger partial charge in [-0.05, 0) is 34.7 Å². The van der Waals surface area contributed by atoms with Crippen LogP contribution < -0.4 is 10.2 Å². The van der Waals surface area contributed by atoms with Gasteiger partial charge in [0.15, 0.2) is 5.82 Å². The fourth-order valence-electron chi connectivity index (χ4n) is 3.00. The smallest absolute Gasteiger partial charge is 0.229 e. The lowest BCUT2D eigenvalue weighted by Gasteiger charge is -2.12. The molecule has 5 heteroatoms. The molecule has 0 aliphatic heterocycles. The molecule has 146 valence electrons. The summed E-state index contributed by atoms with van der Waals surface area (Å²) in [6.07, 6.45) is 2.22. The number of nitrogens with one attached hydrogen (secondary N) is 1. The number of amides is 1. The maximum Gasteiger partial charge on any atom is 0.229 e. The lowest BCUT2D eigenvalue weighted by atomic mass is 10.0. The number of aromatic nitrogens is 2. The highest BCUT2D eigenvalue weighted by atomic mass is 16.1. The number of carbonyl (C=O) groups excluding carboxylic acids is 1. The Labute approximate surface area is 167 Å². The summed E-state index contributed by atoms with van der Waals surface area (Å²) in [4.78, 5) is 14.3. The minimum atomic E-state index is -0.0656. The van der Waals surface area contributed by atoms with Crippen LogP contribution in [0.3, 0.4) is 0 Å². The van der Waals surface area contributed by atoms with Gasteiger partial charge in [-0.3, -0.25) is 9.48 Å². The van der Waals surface area contributed by atoms with Gasteiger partial charge in [0.05, 0.1) is 13.0 Å². The van der Waals surface area contributed by atoms with Crippen molar-refractivity contribution in [3.05, 3.63) is 77.5 Å². The van der Waals surface area contributed by atoms with Crippen LogP contribution in [0.25, 0.3) is 0 Å². The third-order valence-corrected chi connectivity index (χ3v) is 4.72. The number of nitrogens with zero attached hydrogens (tertiary/aromatic N) is 3. The highest BCUT2D eigenvalue weighted by Gasteiger charge is 2.08. The molecule has 0 saturated heterocycles. The molecule has 28 heavy (non-hydrogen) atoms. The zero-order valence-corrected chi connectivity index (χ0v) is 17.0. The van der Waals surface area contributed by atoms with Crippen molar-refractivity contribution < 1.29 is 4.79 Å². The van der Waals surface area contributed by atoms with Crippen molar-refractivity contribution in [2.75, 3.05) is 24.3 Å². The summed E-state index contributed by atoms with van der Waals surface area (Å²) in [6.45, 7) is 5.06. The zero-order valence-electron chi connectivity index (χ0n) is 17.0. The van der Waals surface area contributed by atoms with Crippen LogP contribution in [-0.4, -0.2) is 29.8 Å². The van der Waals surface area contributed by atoms with E-state index in [1.165, 1.54) is 11.1 Å². The Balaban J connectivity index is 1.55. The molecule has 0 aliphatic rings. The molecule has 1 N–H and O–H groups in total. The lowest BCUT2D eigenvalue weighted by Crippen LogP contribution is -2.15. The molecule has 3 aromatic rings. The van der Waals surface area contributed by atoms with E-state index >= 15 is 0 Å². The second-order valence-electron chi connectivity index (χ2n) is 7.58. The van der Waals surface area contributed by atoms with Gasteiger partial charge in [-0.25, -0.2) is 0 Å². The zero-order chi connectivity index (χ0) is 20.1. The predicted molar refractivity (Wildman–Crippen MR) is 115 cm³/mol. The van der Waals surface area contributed by atoms with Gasteiger partial charge in [-0.2, -0.15) is 5.10 Å². The Kier molecular flexibility index (Phi) is 6.14. The van der Waals surface area contributed by atoms with E-state index in [1.807, 2.05) is 60.2 Å². The quantitative estimate of drug-likeness (QED) is 0.669. The second-order valence-corrected chi connectivity index (χ2v) is 7.58. The number of rotatable bonds is 7. The summed E-state index contributed by atoms with van der Waals surface area (Å²) in [5.74, 6) is 1.04. The van der Waals surface area contributed by atoms with Crippen LogP contribution in [0.4, 0.5) is 11.5 Å².